The van der Waals surface area contributed by atoms with Crippen LogP contribution in [-0.4, -0.2) is 21.2 Å². The largest absolute Gasteiger partial charge is 0.507 e. The number of amides is 1. The number of carbonyl (C=O) groups excluding carboxylic acids is 1. The van der Waals surface area contributed by atoms with Crippen LogP contribution in [-0.2, 0) is 0 Å². The second-order valence-corrected chi connectivity index (χ2v) is 5.59. The van der Waals surface area contributed by atoms with E-state index in [1.54, 1.807) is 18.2 Å². The van der Waals surface area contributed by atoms with Crippen LogP contribution in [0.15, 0.2) is 48.5 Å². The molecule has 0 radical (unpaired) electrons. The first kappa shape index (κ1) is 15.1. The zero-order valence-electron chi connectivity index (χ0n) is 12.3. The Morgan fingerprint density at radius 3 is 2.83 bits per heavy atom. The van der Waals surface area contributed by atoms with Gasteiger partial charge >= 0.3 is 0 Å². The molecule has 116 valence electrons. The number of hydrogen-bond acceptors (Lipinski definition) is 3. The highest BCUT2D eigenvalue weighted by molar-refractivity contribution is 6.31. The molecular formula is C17H14ClN3O2. The van der Waals surface area contributed by atoms with Gasteiger partial charge < -0.3 is 10.4 Å². The third kappa shape index (κ3) is 3.35. The maximum Gasteiger partial charge on any atom is 0.273 e. The molecule has 0 saturated carbocycles. The minimum absolute atomic E-state index is 0.0477. The van der Waals surface area contributed by atoms with E-state index in [9.17, 15) is 9.90 Å². The lowest BCUT2D eigenvalue weighted by atomic mass is 10.1. The number of nitrogens with one attached hydrogen (secondary N) is 2. The molecule has 0 saturated heterocycles. The van der Waals surface area contributed by atoms with Crippen molar-refractivity contribution in [1.29, 1.82) is 0 Å². The van der Waals surface area contributed by atoms with Gasteiger partial charge in [-0.2, -0.15) is 5.10 Å². The number of phenols is 1. The van der Waals surface area contributed by atoms with E-state index < -0.39 is 0 Å². The molecule has 6 heteroatoms. The molecule has 1 amide bonds. The van der Waals surface area contributed by atoms with E-state index in [2.05, 4.69) is 15.5 Å². The van der Waals surface area contributed by atoms with Gasteiger partial charge in [-0.05, 0) is 48.9 Å². The molecule has 23 heavy (non-hydrogen) atoms. The summed E-state index contributed by atoms with van der Waals surface area (Å²) >= 11 is 5.93. The van der Waals surface area contributed by atoms with Crippen LogP contribution < -0.4 is 5.32 Å². The summed E-state index contributed by atoms with van der Waals surface area (Å²) in [6.45, 7) is 1.95. The van der Waals surface area contributed by atoms with Gasteiger partial charge in [-0.3, -0.25) is 9.89 Å². The quantitative estimate of drug-likeness (QED) is 0.680. The number of aromatic hydroxyl groups is 1. The van der Waals surface area contributed by atoms with Gasteiger partial charge in [-0.25, -0.2) is 0 Å². The summed E-state index contributed by atoms with van der Waals surface area (Å²) in [5, 5.41) is 19.9. The van der Waals surface area contributed by atoms with Gasteiger partial charge in [-0.15, -0.1) is 0 Å². The summed E-state index contributed by atoms with van der Waals surface area (Å²) in [6.07, 6.45) is 0. The fraction of sp³-hybridized carbons (Fsp3) is 0.0588. The first-order valence-corrected chi connectivity index (χ1v) is 7.33. The molecule has 0 spiro atoms. The average molecular weight is 328 g/mol. The summed E-state index contributed by atoms with van der Waals surface area (Å²) in [5.74, 6) is -0.262. The van der Waals surface area contributed by atoms with Crippen LogP contribution >= 0.6 is 11.6 Å². The van der Waals surface area contributed by atoms with Crippen LogP contribution in [0, 0.1) is 6.92 Å². The van der Waals surface area contributed by atoms with E-state index in [0.717, 1.165) is 5.56 Å². The number of anilines is 1. The minimum Gasteiger partial charge on any atom is -0.507 e. The van der Waals surface area contributed by atoms with Crippen molar-refractivity contribution in [2.75, 3.05) is 5.32 Å². The van der Waals surface area contributed by atoms with Crippen molar-refractivity contribution in [1.82, 2.24) is 10.2 Å². The van der Waals surface area contributed by atoms with E-state index in [-0.39, 0.29) is 11.7 Å². The molecule has 0 bridgehead atoms. The van der Waals surface area contributed by atoms with Gasteiger partial charge in [0.1, 0.15) is 11.4 Å². The fourth-order valence-electron chi connectivity index (χ4n) is 2.21. The molecule has 3 aromatic rings. The standard InChI is InChI=1S/C17H14ClN3O2/c1-10-3-2-4-12(7-10)19-17(23)15-9-14(20-21-15)13-8-11(18)5-6-16(13)22/h2-9,22H,1H3,(H,19,23)(H,20,21). The third-order valence-corrected chi connectivity index (χ3v) is 3.57. The zero-order valence-corrected chi connectivity index (χ0v) is 13.1. The second kappa shape index (κ2) is 6.14. The SMILES string of the molecule is Cc1cccc(NC(=O)c2cc(-c3cc(Cl)ccc3O)n[nH]2)c1. The summed E-state index contributed by atoms with van der Waals surface area (Å²) < 4.78 is 0. The molecule has 0 aliphatic heterocycles. The molecule has 3 N–H and O–H groups in total. The predicted molar refractivity (Wildman–Crippen MR) is 89.8 cm³/mol. The summed E-state index contributed by atoms with van der Waals surface area (Å²) in [7, 11) is 0. The predicted octanol–water partition coefficient (Wildman–Crippen LogP) is 4.00. The monoisotopic (exact) mass is 327 g/mol. The first-order chi connectivity index (χ1) is 11.0. The van der Waals surface area contributed by atoms with E-state index >= 15 is 0 Å². The van der Waals surface area contributed by atoms with Crippen molar-refractivity contribution in [3.05, 3.63) is 64.8 Å². The number of aryl methyl sites for hydroxylation is 1. The molecular weight excluding hydrogens is 314 g/mol. The molecule has 0 atom stereocenters. The number of carbonyl (C=O) groups is 1. The third-order valence-electron chi connectivity index (χ3n) is 3.33. The second-order valence-electron chi connectivity index (χ2n) is 5.15. The molecule has 0 unspecified atom stereocenters. The minimum atomic E-state index is -0.309. The lowest BCUT2D eigenvalue weighted by Crippen LogP contribution is -2.12. The van der Waals surface area contributed by atoms with Crippen molar-refractivity contribution in [3.63, 3.8) is 0 Å². The Kier molecular flexibility index (Phi) is 4.04. The number of H-pyrrole nitrogens is 1. The molecule has 2 aromatic carbocycles. The van der Waals surface area contributed by atoms with E-state index in [1.807, 2.05) is 31.2 Å². The number of nitrogens with zero attached hydrogens (tertiary/aromatic N) is 1. The van der Waals surface area contributed by atoms with Crippen LogP contribution in [0.4, 0.5) is 5.69 Å². The Balaban J connectivity index is 1.84. The summed E-state index contributed by atoms with van der Waals surface area (Å²) in [4.78, 5) is 12.3. The Bertz CT molecular complexity index is 874. The van der Waals surface area contributed by atoms with Crippen LogP contribution in [0.1, 0.15) is 16.1 Å². The van der Waals surface area contributed by atoms with Gasteiger partial charge in [-0.1, -0.05) is 23.7 Å². The normalized spacial score (nSPS) is 10.5. The maximum atomic E-state index is 12.3. The number of aromatic amines is 1. The molecule has 0 aliphatic rings. The Hall–Kier alpha value is -2.79. The van der Waals surface area contributed by atoms with Crippen molar-refractivity contribution in [3.8, 4) is 17.0 Å². The molecule has 5 nitrogen and oxygen atoms in total. The topological polar surface area (TPSA) is 78.0 Å². The lowest BCUT2D eigenvalue weighted by molar-refractivity contribution is 0.102. The van der Waals surface area contributed by atoms with Crippen molar-refractivity contribution in [2.45, 2.75) is 6.92 Å². The van der Waals surface area contributed by atoms with Gasteiger partial charge in [0.15, 0.2) is 0 Å². The highest BCUT2D eigenvalue weighted by atomic mass is 35.5. The Labute approximate surface area is 137 Å². The number of benzene rings is 2. The first-order valence-electron chi connectivity index (χ1n) is 6.95. The number of halogens is 1. The van der Waals surface area contributed by atoms with Crippen molar-refractivity contribution in [2.24, 2.45) is 0 Å². The molecule has 1 heterocycles. The van der Waals surface area contributed by atoms with Crippen LogP contribution in [0.25, 0.3) is 11.3 Å². The number of hydrogen-bond donors (Lipinski definition) is 3. The fourth-order valence-corrected chi connectivity index (χ4v) is 2.38. The van der Waals surface area contributed by atoms with Gasteiger partial charge in [0.05, 0.1) is 5.69 Å². The maximum absolute atomic E-state index is 12.3. The van der Waals surface area contributed by atoms with Gasteiger partial charge in [0.2, 0.25) is 0 Å². The Morgan fingerprint density at radius 2 is 2.04 bits per heavy atom. The van der Waals surface area contributed by atoms with Gasteiger partial charge in [0.25, 0.3) is 5.91 Å². The highest BCUT2D eigenvalue weighted by Crippen LogP contribution is 2.30. The number of aromatic nitrogens is 2. The summed E-state index contributed by atoms with van der Waals surface area (Å²) in [6, 6.07) is 13.7. The lowest BCUT2D eigenvalue weighted by Gasteiger charge is -2.04. The van der Waals surface area contributed by atoms with Crippen molar-refractivity contribution < 1.29 is 9.90 Å². The zero-order chi connectivity index (χ0) is 16.4. The molecule has 0 fully saturated rings. The molecule has 0 aliphatic carbocycles. The van der Waals surface area contributed by atoms with E-state index in [4.69, 9.17) is 11.6 Å². The number of rotatable bonds is 3. The molecule has 1 aromatic heterocycles. The number of phenolic OH excluding ortho intramolecular Hbond substituents is 1. The van der Waals surface area contributed by atoms with E-state index in [1.165, 1.54) is 6.07 Å². The highest BCUT2D eigenvalue weighted by Gasteiger charge is 2.14. The summed E-state index contributed by atoms with van der Waals surface area (Å²) in [5.41, 5.74) is 2.96. The van der Waals surface area contributed by atoms with Crippen LogP contribution in [0.2, 0.25) is 5.02 Å². The molecule has 3 rings (SSSR count). The van der Waals surface area contributed by atoms with E-state index in [0.29, 0.717) is 27.7 Å². The van der Waals surface area contributed by atoms with Crippen molar-refractivity contribution >= 4 is 23.2 Å². The smallest absolute Gasteiger partial charge is 0.273 e. The average Bonchev–Trinajstić information content (AvgIpc) is 2.99. The van der Waals surface area contributed by atoms with Crippen LogP contribution in [0.5, 0.6) is 5.75 Å². The van der Waals surface area contributed by atoms with Gasteiger partial charge in [0, 0.05) is 16.3 Å². The Morgan fingerprint density at radius 1 is 1.22 bits per heavy atom. The van der Waals surface area contributed by atoms with Crippen LogP contribution in [0.3, 0.4) is 0 Å².